The van der Waals surface area contributed by atoms with Crippen LogP contribution in [-0.2, 0) is 6.42 Å². The molecule has 1 fully saturated rings. The fourth-order valence-corrected chi connectivity index (χ4v) is 4.32. The molecule has 0 heterocycles. The van der Waals surface area contributed by atoms with Crippen LogP contribution in [0.5, 0.6) is 0 Å². The number of rotatable bonds is 5. The van der Waals surface area contributed by atoms with E-state index in [2.05, 4.69) is 30.6 Å². The molecule has 3 rings (SSSR count). The Labute approximate surface area is 175 Å². The van der Waals surface area contributed by atoms with Gasteiger partial charge in [-0.25, -0.2) is 4.39 Å². The van der Waals surface area contributed by atoms with Crippen molar-refractivity contribution in [2.75, 3.05) is 0 Å². The van der Waals surface area contributed by atoms with E-state index in [1.165, 1.54) is 44.9 Å². The van der Waals surface area contributed by atoms with Crippen molar-refractivity contribution >= 4 is 0 Å². The Morgan fingerprint density at radius 1 is 0.828 bits per heavy atom. The lowest BCUT2D eigenvalue weighted by Crippen LogP contribution is -2.15. The molecule has 1 aliphatic rings. The zero-order valence-corrected chi connectivity index (χ0v) is 17.7. The molecule has 0 aliphatic heterocycles. The Morgan fingerprint density at radius 3 is 2.03 bits per heavy atom. The summed E-state index contributed by atoms with van der Waals surface area (Å²) in [6, 6.07) is 13.3. The first-order valence-electron chi connectivity index (χ1n) is 11.0. The first-order valence-corrected chi connectivity index (χ1v) is 11.0. The lowest BCUT2D eigenvalue weighted by Gasteiger charge is -2.28. The van der Waals surface area contributed by atoms with Crippen LogP contribution in [0.15, 0.2) is 42.5 Å². The summed E-state index contributed by atoms with van der Waals surface area (Å²) in [5.41, 5.74) is 3.39. The molecular weight excluding hydrogens is 355 g/mol. The smallest absolute Gasteiger partial charge is 0.139 e. The van der Waals surface area contributed by atoms with Crippen molar-refractivity contribution in [3.8, 4) is 23.7 Å². The van der Waals surface area contributed by atoms with E-state index in [4.69, 9.17) is 0 Å². The third kappa shape index (κ3) is 6.51. The summed E-state index contributed by atoms with van der Waals surface area (Å²) in [6.07, 6.45) is 10.3. The standard InChI is InChI=1S/C28H31F/c1-3-5-22-7-11-24(12-8-22)15-16-26-18-20-27(28(29)21-26)19-17-25-13-9-23(6-4-2)10-14-25/h9-10,13-14,18,20-22,24H,3,5,7-8,11-12,15-16H2,1-2H3/t22-,24-. The first-order chi connectivity index (χ1) is 14.2. The van der Waals surface area contributed by atoms with E-state index in [-0.39, 0.29) is 5.82 Å². The van der Waals surface area contributed by atoms with Crippen LogP contribution in [0.25, 0.3) is 0 Å². The molecule has 0 bridgehead atoms. The summed E-state index contributed by atoms with van der Waals surface area (Å²) in [7, 11) is 0. The monoisotopic (exact) mass is 386 g/mol. The van der Waals surface area contributed by atoms with Gasteiger partial charge >= 0.3 is 0 Å². The predicted octanol–water partition coefficient (Wildman–Crippen LogP) is 7.14. The van der Waals surface area contributed by atoms with Gasteiger partial charge in [0, 0.05) is 11.1 Å². The van der Waals surface area contributed by atoms with Crippen molar-refractivity contribution < 1.29 is 4.39 Å². The van der Waals surface area contributed by atoms with Gasteiger partial charge < -0.3 is 0 Å². The number of hydrogen-bond acceptors (Lipinski definition) is 0. The Balaban J connectivity index is 1.54. The normalized spacial score (nSPS) is 18.3. The molecule has 0 N–H and O–H groups in total. The Bertz CT molecular complexity index is 907. The Kier molecular flexibility index (Phi) is 7.95. The highest BCUT2D eigenvalue weighted by molar-refractivity contribution is 5.46. The quantitative estimate of drug-likeness (QED) is 0.479. The second-order valence-electron chi connectivity index (χ2n) is 8.23. The minimum atomic E-state index is -0.213. The maximum atomic E-state index is 14.5. The number of aryl methyl sites for hydroxylation is 1. The summed E-state index contributed by atoms with van der Waals surface area (Å²) in [5, 5.41) is 0. The Hall–Kier alpha value is -2.51. The van der Waals surface area contributed by atoms with E-state index in [0.717, 1.165) is 34.9 Å². The van der Waals surface area contributed by atoms with Crippen LogP contribution in [0.3, 0.4) is 0 Å². The molecule has 0 radical (unpaired) electrons. The van der Waals surface area contributed by atoms with Crippen molar-refractivity contribution in [1.29, 1.82) is 0 Å². The SMILES string of the molecule is CC#Cc1ccc(C#Cc2ccc(CC[C@H]3CC[C@H](CCC)CC3)cc2F)cc1. The van der Waals surface area contributed by atoms with Gasteiger partial charge in [0.2, 0.25) is 0 Å². The van der Waals surface area contributed by atoms with Crippen molar-refractivity contribution in [2.24, 2.45) is 11.8 Å². The molecular formula is C28H31F. The minimum absolute atomic E-state index is 0.213. The van der Waals surface area contributed by atoms with Gasteiger partial charge in [0.1, 0.15) is 5.82 Å². The molecule has 2 aromatic carbocycles. The number of halogens is 1. The largest absolute Gasteiger partial charge is 0.206 e. The Morgan fingerprint density at radius 2 is 1.45 bits per heavy atom. The van der Waals surface area contributed by atoms with E-state index in [1.807, 2.05) is 43.3 Å². The van der Waals surface area contributed by atoms with Gasteiger partial charge in [-0.2, -0.15) is 0 Å². The molecule has 1 saturated carbocycles. The van der Waals surface area contributed by atoms with Crippen molar-refractivity contribution in [3.63, 3.8) is 0 Å². The number of hydrogen-bond donors (Lipinski definition) is 0. The lowest BCUT2D eigenvalue weighted by atomic mass is 9.78. The molecule has 1 heteroatoms. The fourth-order valence-electron chi connectivity index (χ4n) is 4.32. The molecule has 0 aromatic heterocycles. The molecule has 29 heavy (non-hydrogen) atoms. The van der Waals surface area contributed by atoms with Gasteiger partial charge in [-0.05, 0) is 73.6 Å². The second-order valence-corrected chi connectivity index (χ2v) is 8.23. The highest BCUT2D eigenvalue weighted by Crippen LogP contribution is 2.33. The molecule has 0 saturated heterocycles. The lowest BCUT2D eigenvalue weighted by molar-refractivity contribution is 0.252. The summed E-state index contributed by atoms with van der Waals surface area (Å²) in [4.78, 5) is 0. The van der Waals surface area contributed by atoms with Crippen LogP contribution in [0.2, 0.25) is 0 Å². The maximum Gasteiger partial charge on any atom is 0.139 e. The van der Waals surface area contributed by atoms with E-state index >= 15 is 0 Å². The molecule has 0 amide bonds. The summed E-state index contributed by atoms with van der Waals surface area (Å²) >= 11 is 0. The van der Waals surface area contributed by atoms with Crippen molar-refractivity contribution in [1.82, 2.24) is 0 Å². The summed E-state index contributed by atoms with van der Waals surface area (Å²) < 4.78 is 14.5. The molecule has 1 aliphatic carbocycles. The zero-order valence-electron chi connectivity index (χ0n) is 17.7. The second kappa shape index (κ2) is 10.9. The van der Waals surface area contributed by atoms with Crippen LogP contribution in [0.4, 0.5) is 4.39 Å². The van der Waals surface area contributed by atoms with Gasteiger partial charge in [-0.15, -0.1) is 5.92 Å². The van der Waals surface area contributed by atoms with E-state index in [0.29, 0.717) is 5.56 Å². The molecule has 150 valence electrons. The molecule has 0 spiro atoms. The highest BCUT2D eigenvalue weighted by atomic mass is 19.1. The molecule has 0 atom stereocenters. The van der Waals surface area contributed by atoms with Gasteiger partial charge in [0.15, 0.2) is 0 Å². The summed E-state index contributed by atoms with van der Waals surface area (Å²) in [5.74, 6) is 13.4. The minimum Gasteiger partial charge on any atom is -0.206 e. The van der Waals surface area contributed by atoms with Gasteiger partial charge in [-0.1, -0.05) is 69.3 Å². The van der Waals surface area contributed by atoms with Crippen LogP contribution >= 0.6 is 0 Å². The van der Waals surface area contributed by atoms with Crippen LogP contribution in [0.1, 0.15) is 81.0 Å². The van der Waals surface area contributed by atoms with Gasteiger partial charge in [0.05, 0.1) is 5.56 Å². The predicted molar refractivity (Wildman–Crippen MR) is 120 cm³/mol. The third-order valence-corrected chi connectivity index (χ3v) is 6.03. The van der Waals surface area contributed by atoms with Gasteiger partial charge in [0.25, 0.3) is 0 Å². The van der Waals surface area contributed by atoms with E-state index in [1.54, 1.807) is 6.07 Å². The van der Waals surface area contributed by atoms with Gasteiger partial charge in [-0.3, -0.25) is 0 Å². The summed E-state index contributed by atoms with van der Waals surface area (Å²) in [6.45, 7) is 4.10. The average molecular weight is 387 g/mol. The van der Waals surface area contributed by atoms with Crippen molar-refractivity contribution in [3.05, 3.63) is 70.5 Å². The van der Waals surface area contributed by atoms with Crippen molar-refractivity contribution in [2.45, 2.75) is 65.2 Å². The van der Waals surface area contributed by atoms with E-state index in [9.17, 15) is 4.39 Å². The fraction of sp³-hybridized carbons (Fsp3) is 0.429. The first kappa shape index (κ1) is 21.2. The topological polar surface area (TPSA) is 0 Å². The van der Waals surface area contributed by atoms with Crippen LogP contribution < -0.4 is 0 Å². The third-order valence-electron chi connectivity index (χ3n) is 6.03. The number of benzene rings is 2. The maximum absolute atomic E-state index is 14.5. The van der Waals surface area contributed by atoms with E-state index < -0.39 is 0 Å². The van der Waals surface area contributed by atoms with Crippen LogP contribution in [-0.4, -0.2) is 0 Å². The molecule has 0 nitrogen and oxygen atoms in total. The molecule has 2 aromatic rings. The highest BCUT2D eigenvalue weighted by Gasteiger charge is 2.20. The average Bonchev–Trinajstić information content (AvgIpc) is 2.74. The molecule has 0 unspecified atom stereocenters. The zero-order chi connectivity index (χ0) is 20.5. The van der Waals surface area contributed by atoms with Crippen LogP contribution in [0, 0.1) is 41.3 Å².